The van der Waals surface area contributed by atoms with E-state index in [2.05, 4.69) is 12.0 Å². The molecule has 1 heterocycles. The quantitative estimate of drug-likeness (QED) is 0.746. The Morgan fingerprint density at radius 3 is 2.67 bits per heavy atom. The summed E-state index contributed by atoms with van der Waals surface area (Å²) >= 11 is 0. The molecule has 1 saturated carbocycles. The Kier molecular flexibility index (Phi) is 4.56. The number of carbonyl (C=O) groups excluding carboxylic acids is 1. The van der Waals surface area contributed by atoms with Crippen molar-refractivity contribution < 1.29 is 4.79 Å². The highest BCUT2D eigenvalue weighted by atomic mass is 16.1. The number of hydrogen-bond donors (Lipinski definition) is 0. The Hall–Kier alpha value is -1.12. The number of hydrogen-bond acceptors (Lipinski definition) is 2. The van der Waals surface area contributed by atoms with Crippen LogP contribution in [0.25, 0.3) is 0 Å². The van der Waals surface area contributed by atoms with Gasteiger partial charge in [0.1, 0.15) is 5.69 Å². The lowest BCUT2D eigenvalue weighted by atomic mass is 9.85. The zero-order valence-electron chi connectivity index (χ0n) is 11.6. The van der Waals surface area contributed by atoms with Gasteiger partial charge in [0, 0.05) is 13.0 Å². The third-order valence-corrected chi connectivity index (χ3v) is 3.98. The molecule has 100 valence electrons. The lowest BCUT2D eigenvalue weighted by Crippen LogP contribution is -2.15. The molecule has 0 saturated heterocycles. The fourth-order valence-electron chi connectivity index (χ4n) is 2.87. The average molecular weight is 248 g/mol. The molecule has 0 aromatic carbocycles. The molecule has 0 aliphatic heterocycles. The molecule has 3 heteroatoms. The van der Waals surface area contributed by atoms with E-state index in [9.17, 15) is 4.79 Å². The monoisotopic (exact) mass is 248 g/mol. The van der Waals surface area contributed by atoms with Crippen molar-refractivity contribution >= 4 is 5.78 Å². The normalized spacial score (nSPS) is 17.0. The Morgan fingerprint density at radius 1 is 1.33 bits per heavy atom. The van der Waals surface area contributed by atoms with Gasteiger partial charge in [-0.05, 0) is 25.3 Å². The Balaban J connectivity index is 2.05. The molecule has 0 unspecified atom stereocenters. The highest BCUT2D eigenvalue weighted by molar-refractivity contribution is 5.94. The molecular formula is C15H24N2O. The first-order valence-electron chi connectivity index (χ1n) is 7.34. The van der Waals surface area contributed by atoms with Crippen LogP contribution in [-0.2, 0) is 13.0 Å². The van der Waals surface area contributed by atoms with Crippen LogP contribution in [-0.4, -0.2) is 15.6 Å². The number of nitrogens with zero attached hydrogens (tertiary/aromatic N) is 2. The predicted octanol–water partition coefficient (Wildman–Crippen LogP) is 3.62. The molecular weight excluding hydrogens is 224 g/mol. The molecule has 1 aromatic heterocycles. The van der Waals surface area contributed by atoms with Crippen molar-refractivity contribution in [3.63, 3.8) is 0 Å². The number of aromatic nitrogens is 2. The van der Waals surface area contributed by atoms with E-state index in [1.807, 2.05) is 17.7 Å². The van der Waals surface area contributed by atoms with Crippen molar-refractivity contribution in [2.24, 2.45) is 5.92 Å². The van der Waals surface area contributed by atoms with Crippen molar-refractivity contribution in [2.75, 3.05) is 0 Å². The van der Waals surface area contributed by atoms with Crippen LogP contribution in [0.2, 0.25) is 0 Å². The van der Waals surface area contributed by atoms with Gasteiger partial charge in [-0.25, -0.2) is 0 Å². The molecule has 1 aromatic rings. The summed E-state index contributed by atoms with van der Waals surface area (Å²) in [5.74, 6) is 0.896. The summed E-state index contributed by atoms with van der Waals surface area (Å²) in [6.07, 6.45) is 8.01. The first kappa shape index (κ1) is 13.3. The van der Waals surface area contributed by atoms with Crippen molar-refractivity contribution in [2.45, 2.75) is 65.3 Å². The van der Waals surface area contributed by atoms with Crippen LogP contribution in [0.5, 0.6) is 0 Å². The predicted molar refractivity (Wildman–Crippen MR) is 72.8 cm³/mol. The summed E-state index contributed by atoms with van der Waals surface area (Å²) in [7, 11) is 0. The molecule has 0 spiro atoms. The summed E-state index contributed by atoms with van der Waals surface area (Å²) in [6.45, 7) is 4.91. The first-order chi connectivity index (χ1) is 8.74. The van der Waals surface area contributed by atoms with E-state index < -0.39 is 0 Å². The first-order valence-corrected chi connectivity index (χ1v) is 7.34. The number of carbonyl (C=O) groups is 1. The summed E-state index contributed by atoms with van der Waals surface area (Å²) in [4.78, 5) is 12.4. The zero-order chi connectivity index (χ0) is 13.0. The molecule has 1 fully saturated rings. The molecule has 0 N–H and O–H groups in total. The van der Waals surface area contributed by atoms with Crippen LogP contribution in [0.3, 0.4) is 0 Å². The van der Waals surface area contributed by atoms with Crippen molar-refractivity contribution in [1.82, 2.24) is 9.78 Å². The number of Topliss-reactive ketones (excluding diaryl/α,β-unsaturated/α-hetero) is 1. The van der Waals surface area contributed by atoms with E-state index in [1.54, 1.807) is 0 Å². The van der Waals surface area contributed by atoms with E-state index in [-0.39, 0.29) is 5.78 Å². The van der Waals surface area contributed by atoms with Crippen molar-refractivity contribution in [3.8, 4) is 0 Å². The fourth-order valence-corrected chi connectivity index (χ4v) is 2.87. The second-order valence-corrected chi connectivity index (χ2v) is 5.32. The molecule has 0 radical (unpaired) electrons. The van der Waals surface area contributed by atoms with Gasteiger partial charge in [-0.15, -0.1) is 0 Å². The molecule has 0 atom stereocenters. The van der Waals surface area contributed by atoms with Crippen LogP contribution in [0.1, 0.15) is 68.6 Å². The van der Waals surface area contributed by atoms with E-state index >= 15 is 0 Å². The summed E-state index contributed by atoms with van der Waals surface area (Å²) in [6, 6.07) is 1.98. The summed E-state index contributed by atoms with van der Waals surface area (Å²) in [5, 5.41) is 4.46. The van der Waals surface area contributed by atoms with Gasteiger partial charge >= 0.3 is 0 Å². The maximum absolute atomic E-state index is 12.4. The van der Waals surface area contributed by atoms with Crippen LogP contribution in [0.4, 0.5) is 0 Å². The molecule has 3 nitrogen and oxygen atoms in total. The van der Waals surface area contributed by atoms with Crippen LogP contribution in [0, 0.1) is 5.92 Å². The van der Waals surface area contributed by atoms with Crippen LogP contribution >= 0.6 is 0 Å². The maximum Gasteiger partial charge on any atom is 0.181 e. The van der Waals surface area contributed by atoms with E-state index in [1.165, 1.54) is 32.1 Å². The Labute approximate surface area is 110 Å². The van der Waals surface area contributed by atoms with E-state index in [0.29, 0.717) is 5.92 Å². The zero-order valence-corrected chi connectivity index (χ0v) is 11.6. The van der Waals surface area contributed by atoms with E-state index in [4.69, 9.17) is 0 Å². The molecule has 1 aliphatic rings. The van der Waals surface area contributed by atoms with Gasteiger partial charge in [0.2, 0.25) is 0 Å². The van der Waals surface area contributed by atoms with E-state index in [0.717, 1.165) is 30.8 Å². The number of aryl methyl sites for hydroxylation is 2. The van der Waals surface area contributed by atoms with Crippen LogP contribution in [0.15, 0.2) is 6.07 Å². The number of ketones is 1. The van der Waals surface area contributed by atoms with Crippen molar-refractivity contribution in [1.29, 1.82) is 0 Å². The second-order valence-electron chi connectivity index (χ2n) is 5.32. The molecule has 0 amide bonds. The summed E-state index contributed by atoms with van der Waals surface area (Å²) in [5.41, 5.74) is 1.85. The van der Waals surface area contributed by atoms with Gasteiger partial charge < -0.3 is 0 Å². The average Bonchev–Trinajstić information content (AvgIpc) is 2.83. The summed E-state index contributed by atoms with van der Waals surface area (Å²) < 4.78 is 1.87. The minimum atomic E-state index is 0.288. The maximum atomic E-state index is 12.4. The lowest BCUT2D eigenvalue weighted by Gasteiger charge is -2.20. The third-order valence-electron chi connectivity index (χ3n) is 3.98. The lowest BCUT2D eigenvalue weighted by molar-refractivity contribution is 0.0939. The SMILES string of the molecule is CCc1cc(C(=O)CC2CCCCC2)n(CC)n1. The number of rotatable bonds is 5. The van der Waals surface area contributed by atoms with Gasteiger partial charge in [-0.1, -0.05) is 39.0 Å². The second kappa shape index (κ2) is 6.17. The van der Waals surface area contributed by atoms with Gasteiger partial charge in [0.25, 0.3) is 0 Å². The third kappa shape index (κ3) is 3.01. The van der Waals surface area contributed by atoms with Gasteiger partial charge in [0.05, 0.1) is 5.69 Å². The Morgan fingerprint density at radius 2 is 2.06 bits per heavy atom. The van der Waals surface area contributed by atoms with Gasteiger partial charge in [-0.3, -0.25) is 9.48 Å². The van der Waals surface area contributed by atoms with Crippen LogP contribution < -0.4 is 0 Å². The minimum absolute atomic E-state index is 0.288. The molecule has 0 bridgehead atoms. The molecule has 2 rings (SSSR count). The smallest absolute Gasteiger partial charge is 0.181 e. The largest absolute Gasteiger partial charge is 0.292 e. The Bertz CT molecular complexity index is 403. The van der Waals surface area contributed by atoms with Gasteiger partial charge in [-0.2, -0.15) is 5.10 Å². The van der Waals surface area contributed by atoms with Crippen molar-refractivity contribution in [3.05, 3.63) is 17.5 Å². The van der Waals surface area contributed by atoms with Gasteiger partial charge in [0.15, 0.2) is 5.78 Å². The topological polar surface area (TPSA) is 34.9 Å². The highest BCUT2D eigenvalue weighted by Gasteiger charge is 2.20. The highest BCUT2D eigenvalue weighted by Crippen LogP contribution is 2.27. The molecule has 18 heavy (non-hydrogen) atoms. The molecule has 1 aliphatic carbocycles. The minimum Gasteiger partial charge on any atom is -0.292 e. The fraction of sp³-hybridized carbons (Fsp3) is 0.733. The standard InChI is InChI=1S/C15H24N2O/c1-3-13-11-14(17(4-2)16-13)15(18)10-12-8-6-5-7-9-12/h11-12H,3-10H2,1-2H3.